The van der Waals surface area contributed by atoms with Crippen molar-refractivity contribution in [3.63, 3.8) is 0 Å². The topological polar surface area (TPSA) is 105 Å². The molecule has 0 saturated carbocycles. The summed E-state index contributed by atoms with van der Waals surface area (Å²) in [5.41, 5.74) is 4.84. The number of hydrogen-bond donors (Lipinski definition) is 3. The molecule has 0 fully saturated rings. The minimum Gasteiger partial charge on any atom is -0.480 e. The Morgan fingerprint density at radius 2 is 1.62 bits per heavy atom. The van der Waals surface area contributed by atoms with Crippen LogP contribution in [0.1, 0.15) is 40.7 Å². The van der Waals surface area contributed by atoms with Crippen LogP contribution in [0.5, 0.6) is 0 Å². The fourth-order valence-corrected chi connectivity index (χ4v) is 4.36. The molecule has 3 N–H and O–H groups in total. The van der Waals surface area contributed by atoms with Gasteiger partial charge in [-0.1, -0.05) is 67.1 Å². The highest BCUT2D eigenvalue weighted by molar-refractivity contribution is 6.31. The Labute approximate surface area is 201 Å². The smallest absolute Gasteiger partial charge is 0.411 e. The normalized spacial score (nSPS) is 12.9. The molecule has 34 heavy (non-hydrogen) atoms. The summed E-state index contributed by atoms with van der Waals surface area (Å²) in [4.78, 5) is 36.2. The lowest BCUT2D eigenvalue weighted by molar-refractivity contribution is -0.139. The number of aliphatic carboxylic acids is 1. The first-order valence-corrected chi connectivity index (χ1v) is 11.2. The molecule has 1 atom stereocenters. The van der Waals surface area contributed by atoms with Gasteiger partial charge >= 0.3 is 12.1 Å². The zero-order chi connectivity index (χ0) is 24.2. The van der Waals surface area contributed by atoms with Gasteiger partial charge in [-0.25, -0.2) is 9.59 Å². The Kier molecular flexibility index (Phi) is 6.84. The Bertz CT molecular complexity index is 1210. The second-order valence-corrected chi connectivity index (χ2v) is 8.39. The number of fused-ring (bicyclic) bond motifs is 3. The molecule has 1 aliphatic rings. The molecule has 3 aromatic rings. The summed E-state index contributed by atoms with van der Waals surface area (Å²) in [6.45, 7) is 1.80. The van der Waals surface area contributed by atoms with Crippen LogP contribution < -0.4 is 10.6 Å². The number of rotatable bonds is 7. The zero-order valence-electron chi connectivity index (χ0n) is 18.4. The standard InChI is InChI=1S/C26H23ClN2O5/c1-2-23(25(31)32)29-24(30)15-11-16(27)13-17(12-15)28-26(33)34-14-22-20-9-5-3-7-18(20)19-8-4-6-10-21(19)22/h3-13,22-23H,2,14H2,1H3,(H,28,33)(H,29,30)(H,31,32)/t23-/m1/s1. The van der Waals surface area contributed by atoms with Crippen molar-refractivity contribution in [2.75, 3.05) is 11.9 Å². The second-order valence-electron chi connectivity index (χ2n) is 7.95. The molecule has 0 radical (unpaired) electrons. The van der Waals surface area contributed by atoms with Crippen molar-refractivity contribution in [1.82, 2.24) is 5.32 Å². The molecular formula is C26H23ClN2O5. The van der Waals surface area contributed by atoms with Crippen molar-refractivity contribution >= 4 is 35.3 Å². The summed E-state index contributed by atoms with van der Waals surface area (Å²) >= 11 is 6.12. The molecule has 174 valence electrons. The number of halogens is 1. The number of ether oxygens (including phenoxy) is 1. The maximum Gasteiger partial charge on any atom is 0.411 e. The van der Waals surface area contributed by atoms with Crippen molar-refractivity contribution in [2.24, 2.45) is 0 Å². The van der Waals surface area contributed by atoms with Gasteiger partial charge in [0.15, 0.2) is 0 Å². The van der Waals surface area contributed by atoms with E-state index < -0.39 is 24.0 Å². The van der Waals surface area contributed by atoms with Gasteiger partial charge in [0, 0.05) is 22.2 Å². The highest BCUT2D eigenvalue weighted by atomic mass is 35.5. The maximum absolute atomic E-state index is 12.5. The van der Waals surface area contributed by atoms with Crippen molar-refractivity contribution in [2.45, 2.75) is 25.3 Å². The number of carbonyl (C=O) groups excluding carboxylic acids is 2. The lowest BCUT2D eigenvalue weighted by atomic mass is 9.98. The van der Waals surface area contributed by atoms with E-state index in [0.29, 0.717) is 0 Å². The van der Waals surface area contributed by atoms with Crippen molar-refractivity contribution in [3.05, 3.63) is 88.4 Å². The molecule has 2 amide bonds. The van der Waals surface area contributed by atoms with Crippen LogP contribution in [0.15, 0.2) is 66.7 Å². The number of carboxylic acids is 1. The highest BCUT2D eigenvalue weighted by Gasteiger charge is 2.29. The molecule has 0 aliphatic heterocycles. The van der Waals surface area contributed by atoms with Crippen molar-refractivity contribution in [3.8, 4) is 11.1 Å². The van der Waals surface area contributed by atoms with E-state index in [4.69, 9.17) is 21.4 Å². The van der Waals surface area contributed by atoms with Crippen LogP contribution in [0.4, 0.5) is 10.5 Å². The van der Waals surface area contributed by atoms with Gasteiger partial charge in [0.1, 0.15) is 12.6 Å². The maximum atomic E-state index is 12.5. The fourth-order valence-electron chi connectivity index (χ4n) is 4.13. The van der Waals surface area contributed by atoms with Gasteiger partial charge in [-0.05, 0) is 46.9 Å². The van der Waals surface area contributed by atoms with Gasteiger partial charge in [0.05, 0.1) is 0 Å². The molecular weight excluding hydrogens is 456 g/mol. The van der Waals surface area contributed by atoms with E-state index in [1.165, 1.54) is 18.2 Å². The molecule has 0 heterocycles. The van der Waals surface area contributed by atoms with E-state index in [0.717, 1.165) is 22.3 Å². The minimum atomic E-state index is -1.13. The molecule has 0 unspecified atom stereocenters. The number of hydrogen-bond acceptors (Lipinski definition) is 4. The predicted molar refractivity (Wildman–Crippen MR) is 129 cm³/mol. The molecule has 7 nitrogen and oxygen atoms in total. The van der Waals surface area contributed by atoms with Crippen LogP contribution in [-0.4, -0.2) is 35.7 Å². The minimum absolute atomic E-state index is 0.0825. The highest BCUT2D eigenvalue weighted by Crippen LogP contribution is 2.44. The van der Waals surface area contributed by atoms with Gasteiger partial charge in [-0.3, -0.25) is 10.1 Å². The molecule has 0 aromatic heterocycles. The summed E-state index contributed by atoms with van der Waals surface area (Å²) in [7, 11) is 0. The largest absolute Gasteiger partial charge is 0.480 e. The molecule has 4 rings (SSSR count). The van der Waals surface area contributed by atoms with Crippen LogP contribution >= 0.6 is 11.6 Å². The van der Waals surface area contributed by atoms with E-state index >= 15 is 0 Å². The molecule has 0 saturated heterocycles. The average Bonchev–Trinajstić information content (AvgIpc) is 3.14. The number of carboxylic acid groups (broad SMARTS) is 1. The Balaban J connectivity index is 1.44. The van der Waals surface area contributed by atoms with Crippen LogP contribution in [0, 0.1) is 0 Å². The van der Waals surface area contributed by atoms with Gasteiger partial charge in [0.25, 0.3) is 5.91 Å². The van der Waals surface area contributed by atoms with Crippen LogP contribution in [0.3, 0.4) is 0 Å². The third kappa shape index (κ3) is 4.89. The van der Waals surface area contributed by atoms with Gasteiger partial charge in [-0.2, -0.15) is 0 Å². The van der Waals surface area contributed by atoms with E-state index in [2.05, 4.69) is 22.8 Å². The molecule has 3 aromatic carbocycles. The monoisotopic (exact) mass is 478 g/mol. The predicted octanol–water partition coefficient (Wildman–Crippen LogP) is 5.29. The molecule has 0 bridgehead atoms. The Morgan fingerprint density at radius 1 is 1.00 bits per heavy atom. The third-order valence-corrected chi connectivity index (χ3v) is 5.98. The third-order valence-electron chi connectivity index (χ3n) is 5.76. The van der Waals surface area contributed by atoms with Crippen LogP contribution in [0.2, 0.25) is 5.02 Å². The molecule has 0 spiro atoms. The summed E-state index contributed by atoms with van der Waals surface area (Å²) in [5, 5.41) is 14.4. The number of carbonyl (C=O) groups is 3. The Hall–Kier alpha value is -3.84. The van der Waals surface area contributed by atoms with E-state index in [-0.39, 0.29) is 35.2 Å². The van der Waals surface area contributed by atoms with Gasteiger partial charge < -0.3 is 15.2 Å². The van der Waals surface area contributed by atoms with Gasteiger partial charge in [0.2, 0.25) is 0 Å². The number of amides is 2. The number of benzene rings is 3. The first-order chi connectivity index (χ1) is 16.4. The summed E-state index contributed by atoms with van der Waals surface area (Å²) in [6, 6.07) is 19.3. The number of anilines is 1. The summed E-state index contributed by atoms with van der Waals surface area (Å²) in [5.74, 6) is -1.82. The Morgan fingerprint density at radius 3 is 2.21 bits per heavy atom. The van der Waals surface area contributed by atoms with Crippen molar-refractivity contribution in [1.29, 1.82) is 0 Å². The first kappa shape index (κ1) is 23.3. The molecule has 8 heteroatoms. The van der Waals surface area contributed by atoms with Gasteiger partial charge in [-0.15, -0.1) is 0 Å². The average molecular weight is 479 g/mol. The second kappa shape index (κ2) is 9.97. The van der Waals surface area contributed by atoms with Crippen molar-refractivity contribution < 1.29 is 24.2 Å². The zero-order valence-corrected chi connectivity index (χ0v) is 19.1. The lowest BCUT2D eigenvalue weighted by Gasteiger charge is -2.15. The fraction of sp³-hybridized carbons (Fsp3) is 0.192. The lowest BCUT2D eigenvalue weighted by Crippen LogP contribution is -2.40. The van der Waals surface area contributed by atoms with E-state index in [1.54, 1.807) is 6.92 Å². The summed E-state index contributed by atoms with van der Waals surface area (Å²) in [6.07, 6.45) is -0.459. The SMILES string of the molecule is CC[C@@H](NC(=O)c1cc(Cl)cc(NC(=O)OCC2c3ccccc3-c3ccccc32)c1)C(=O)O. The summed E-state index contributed by atoms with van der Waals surface area (Å²) < 4.78 is 5.53. The van der Waals surface area contributed by atoms with Crippen LogP contribution in [0.25, 0.3) is 11.1 Å². The van der Waals surface area contributed by atoms with E-state index in [1.807, 2.05) is 36.4 Å². The van der Waals surface area contributed by atoms with Crippen LogP contribution in [-0.2, 0) is 9.53 Å². The first-order valence-electron chi connectivity index (χ1n) is 10.8. The number of nitrogens with one attached hydrogen (secondary N) is 2. The quantitative estimate of drug-likeness (QED) is 0.427. The molecule has 1 aliphatic carbocycles. The van der Waals surface area contributed by atoms with E-state index in [9.17, 15) is 14.4 Å².